The highest BCUT2D eigenvalue weighted by molar-refractivity contribution is 5.73. The lowest BCUT2D eigenvalue weighted by Gasteiger charge is -2.38. The van der Waals surface area contributed by atoms with Crippen LogP contribution in [0.3, 0.4) is 0 Å². The Morgan fingerprint density at radius 1 is 1.13 bits per heavy atom. The van der Waals surface area contributed by atoms with Crippen molar-refractivity contribution >= 4 is 17.9 Å². The zero-order valence-corrected chi connectivity index (χ0v) is 19.9. The van der Waals surface area contributed by atoms with Crippen LogP contribution in [0.1, 0.15) is 30.7 Å². The van der Waals surface area contributed by atoms with Crippen molar-refractivity contribution in [1.82, 2.24) is 20.0 Å². The van der Waals surface area contributed by atoms with E-state index >= 15 is 0 Å². The maximum atomic E-state index is 10.6. The molecule has 2 atom stereocenters. The van der Waals surface area contributed by atoms with Gasteiger partial charge in [-0.05, 0) is 32.3 Å². The van der Waals surface area contributed by atoms with Crippen molar-refractivity contribution in [2.24, 2.45) is 0 Å². The largest absolute Gasteiger partial charge is 0.490 e. The Kier molecular flexibility index (Phi) is 10.4. The molecule has 2 fully saturated rings. The molecule has 2 aromatic heterocycles. The molecule has 4 heterocycles. The number of alkyl halides is 6. The average Bonchev–Trinajstić information content (AvgIpc) is 3.39. The van der Waals surface area contributed by atoms with Crippen LogP contribution in [0.2, 0.25) is 0 Å². The number of likely N-dealkylation sites (tertiary alicyclic amines) is 1. The van der Waals surface area contributed by atoms with Crippen LogP contribution in [-0.2, 0) is 20.9 Å². The fourth-order valence-corrected chi connectivity index (χ4v) is 3.78. The van der Waals surface area contributed by atoms with Gasteiger partial charge < -0.3 is 24.8 Å². The van der Waals surface area contributed by atoms with E-state index in [4.69, 9.17) is 29.1 Å². The second-order valence-corrected chi connectivity index (χ2v) is 8.43. The summed E-state index contributed by atoms with van der Waals surface area (Å²) in [6, 6.07) is 4.19. The monoisotopic (exact) mass is 557 g/mol. The van der Waals surface area contributed by atoms with E-state index in [2.05, 4.69) is 25.3 Å². The number of halogens is 6. The Balaban J connectivity index is 0.000000301. The minimum absolute atomic E-state index is 0.0660. The predicted octanol–water partition coefficient (Wildman–Crippen LogP) is 3.28. The SMILES string of the molecule is Cc1cc(CN2CC[C@@]3(C[C@H](Nc4ncccn4)CCO3)C2)no1.O=C(O)C(F)(F)F.O=C(O)C(F)(F)F. The third-order valence-electron chi connectivity index (χ3n) is 5.33. The number of nitrogens with one attached hydrogen (secondary N) is 1. The summed E-state index contributed by atoms with van der Waals surface area (Å²) in [5, 5.41) is 21.8. The quantitative estimate of drug-likeness (QED) is 0.475. The first-order valence-electron chi connectivity index (χ1n) is 11.0. The number of anilines is 1. The summed E-state index contributed by atoms with van der Waals surface area (Å²) in [6.07, 6.45) is -3.61. The molecule has 0 aromatic carbocycles. The number of aliphatic carboxylic acids is 2. The maximum Gasteiger partial charge on any atom is 0.490 e. The fourth-order valence-electron chi connectivity index (χ4n) is 3.78. The van der Waals surface area contributed by atoms with Crippen LogP contribution in [0.4, 0.5) is 32.3 Å². The standard InChI is InChI=1S/C17H23N5O2.2C2HF3O2/c1-13-9-15(21-24-13)11-22-7-4-17(12-22)10-14(3-8-23-17)20-16-18-5-2-6-19-16;2*3-2(4,5)1(6)7/h2,5-6,9,14H,3-4,7-8,10-12H2,1H3,(H,18,19,20);2*(H,6,7)/t14-,17-;;/m1../s1. The van der Waals surface area contributed by atoms with Gasteiger partial charge in [-0.15, -0.1) is 0 Å². The number of ether oxygens (including phenoxy) is 1. The molecule has 2 saturated heterocycles. The van der Waals surface area contributed by atoms with E-state index in [0.29, 0.717) is 12.0 Å². The van der Waals surface area contributed by atoms with Crippen LogP contribution in [0.5, 0.6) is 0 Å². The number of aryl methyl sites for hydroxylation is 1. The Hall–Kier alpha value is -3.47. The average molecular weight is 557 g/mol. The van der Waals surface area contributed by atoms with Crippen molar-refractivity contribution in [2.45, 2.75) is 56.7 Å². The van der Waals surface area contributed by atoms with Gasteiger partial charge in [0.25, 0.3) is 0 Å². The van der Waals surface area contributed by atoms with Crippen molar-refractivity contribution in [2.75, 3.05) is 25.0 Å². The van der Waals surface area contributed by atoms with Crippen LogP contribution < -0.4 is 5.32 Å². The van der Waals surface area contributed by atoms with Gasteiger partial charge in [0.1, 0.15) is 5.76 Å². The molecule has 1 spiro atoms. The molecule has 212 valence electrons. The molecular formula is C21H25F6N5O6. The first-order chi connectivity index (χ1) is 17.6. The normalized spacial score (nSPS) is 21.6. The van der Waals surface area contributed by atoms with E-state index in [-0.39, 0.29) is 5.60 Å². The van der Waals surface area contributed by atoms with Gasteiger partial charge in [0.05, 0.1) is 11.3 Å². The summed E-state index contributed by atoms with van der Waals surface area (Å²) in [4.78, 5) is 28.7. The van der Waals surface area contributed by atoms with E-state index in [9.17, 15) is 26.3 Å². The molecule has 0 bridgehead atoms. The van der Waals surface area contributed by atoms with Gasteiger partial charge in [-0.3, -0.25) is 4.90 Å². The van der Waals surface area contributed by atoms with Crippen molar-refractivity contribution < 1.29 is 55.4 Å². The molecule has 11 nitrogen and oxygen atoms in total. The number of carbonyl (C=O) groups is 2. The van der Waals surface area contributed by atoms with Crippen LogP contribution in [-0.4, -0.2) is 85.9 Å². The number of carboxylic acids is 2. The van der Waals surface area contributed by atoms with E-state index in [1.54, 1.807) is 12.4 Å². The Bertz CT molecular complexity index is 1030. The second-order valence-electron chi connectivity index (χ2n) is 8.43. The number of rotatable bonds is 4. The van der Waals surface area contributed by atoms with Gasteiger partial charge >= 0.3 is 24.3 Å². The Labute approximate surface area is 211 Å². The summed E-state index contributed by atoms with van der Waals surface area (Å²) >= 11 is 0. The molecule has 38 heavy (non-hydrogen) atoms. The lowest BCUT2D eigenvalue weighted by Crippen LogP contribution is -2.46. The molecule has 4 rings (SSSR count). The number of nitrogens with zero attached hydrogens (tertiary/aromatic N) is 4. The minimum Gasteiger partial charge on any atom is -0.475 e. The van der Waals surface area contributed by atoms with Gasteiger partial charge in [0.15, 0.2) is 0 Å². The highest BCUT2D eigenvalue weighted by Gasteiger charge is 2.43. The lowest BCUT2D eigenvalue weighted by atomic mass is 9.89. The number of hydrogen-bond donors (Lipinski definition) is 3. The number of hydrogen-bond acceptors (Lipinski definition) is 9. The predicted molar refractivity (Wildman–Crippen MR) is 116 cm³/mol. The number of carboxylic acid groups (broad SMARTS) is 2. The summed E-state index contributed by atoms with van der Waals surface area (Å²) in [7, 11) is 0. The van der Waals surface area contributed by atoms with Gasteiger partial charge in [-0.25, -0.2) is 19.6 Å². The Morgan fingerprint density at radius 3 is 2.21 bits per heavy atom. The van der Waals surface area contributed by atoms with E-state index < -0.39 is 24.3 Å². The molecule has 2 aromatic rings. The van der Waals surface area contributed by atoms with E-state index in [1.165, 1.54) is 0 Å². The van der Waals surface area contributed by atoms with Crippen molar-refractivity contribution in [3.05, 3.63) is 36.0 Å². The number of aromatic nitrogens is 3. The molecule has 0 aliphatic carbocycles. The van der Waals surface area contributed by atoms with Crippen LogP contribution in [0.15, 0.2) is 29.0 Å². The molecule has 0 saturated carbocycles. The zero-order chi connectivity index (χ0) is 28.6. The first-order valence-corrected chi connectivity index (χ1v) is 11.0. The van der Waals surface area contributed by atoms with E-state index in [0.717, 1.165) is 57.0 Å². The third-order valence-corrected chi connectivity index (χ3v) is 5.33. The highest BCUT2D eigenvalue weighted by Crippen LogP contribution is 2.35. The summed E-state index contributed by atoms with van der Waals surface area (Å²) in [6.45, 7) is 5.49. The second kappa shape index (κ2) is 12.9. The van der Waals surface area contributed by atoms with E-state index in [1.807, 2.05) is 19.1 Å². The van der Waals surface area contributed by atoms with Gasteiger partial charge in [-0.1, -0.05) is 5.16 Å². The molecule has 2 aliphatic rings. The van der Waals surface area contributed by atoms with Gasteiger partial charge in [0.2, 0.25) is 5.95 Å². The smallest absolute Gasteiger partial charge is 0.475 e. The molecule has 0 unspecified atom stereocenters. The maximum absolute atomic E-state index is 10.6. The van der Waals surface area contributed by atoms with Crippen LogP contribution in [0.25, 0.3) is 0 Å². The minimum atomic E-state index is -5.08. The summed E-state index contributed by atoms with van der Waals surface area (Å²) < 4.78 is 74.8. The van der Waals surface area contributed by atoms with Gasteiger partial charge in [-0.2, -0.15) is 26.3 Å². The summed E-state index contributed by atoms with van der Waals surface area (Å²) in [5.74, 6) is -3.95. The summed E-state index contributed by atoms with van der Waals surface area (Å²) in [5.41, 5.74) is 0.927. The first kappa shape index (κ1) is 30.8. The Morgan fingerprint density at radius 2 is 1.71 bits per heavy atom. The molecule has 2 aliphatic heterocycles. The molecule has 3 N–H and O–H groups in total. The molecule has 0 amide bonds. The zero-order valence-electron chi connectivity index (χ0n) is 19.9. The molecule has 0 radical (unpaired) electrons. The van der Waals surface area contributed by atoms with Crippen molar-refractivity contribution in [1.29, 1.82) is 0 Å². The third kappa shape index (κ3) is 10.1. The van der Waals surface area contributed by atoms with Crippen LogP contribution >= 0.6 is 0 Å². The van der Waals surface area contributed by atoms with Crippen LogP contribution in [0, 0.1) is 6.92 Å². The van der Waals surface area contributed by atoms with Gasteiger partial charge in [0, 0.05) is 50.7 Å². The topological polar surface area (TPSA) is 151 Å². The molecular weight excluding hydrogens is 532 g/mol. The molecule has 17 heteroatoms. The lowest BCUT2D eigenvalue weighted by molar-refractivity contribution is -0.193. The highest BCUT2D eigenvalue weighted by atomic mass is 19.4. The van der Waals surface area contributed by atoms with Crippen molar-refractivity contribution in [3.8, 4) is 0 Å². The fraction of sp³-hybridized carbons (Fsp3) is 0.571. The van der Waals surface area contributed by atoms with Crippen molar-refractivity contribution in [3.63, 3.8) is 0 Å².